The number of nitrogens with one attached hydrogen (secondary N) is 3. The smallest absolute Gasteiger partial charge is 0.276 e. The molecule has 1 amide bonds. The highest BCUT2D eigenvalue weighted by atomic mass is 35.5. The summed E-state index contributed by atoms with van der Waals surface area (Å²) in [6.07, 6.45) is 2.26. The summed E-state index contributed by atoms with van der Waals surface area (Å²) in [4.78, 5) is 19.9. The molecule has 0 aliphatic carbocycles. The first-order valence-electron chi connectivity index (χ1n) is 7.48. The van der Waals surface area contributed by atoms with Gasteiger partial charge in [-0.3, -0.25) is 15.6 Å². The van der Waals surface area contributed by atoms with E-state index in [0.29, 0.717) is 27.3 Å². The molecule has 1 heterocycles. The fraction of sp³-hybridized carbons (Fsp3) is 0.267. The number of nitrogens with zero attached hydrogens (tertiary/aromatic N) is 2. The molecule has 5 N–H and O–H groups in total. The summed E-state index contributed by atoms with van der Waals surface area (Å²) in [5.41, 5.74) is 11.3. The zero-order valence-electron chi connectivity index (χ0n) is 13.5. The minimum atomic E-state index is -0.438. The molecule has 134 valence electrons. The third kappa shape index (κ3) is 5.54. The van der Waals surface area contributed by atoms with E-state index in [4.69, 9.17) is 33.7 Å². The number of halogens is 2. The molecule has 0 unspecified atom stereocenters. The van der Waals surface area contributed by atoms with Gasteiger partial charge in [0, 0.05) is 11.6 Å². The SMILES string of the molecule is CCCNc1ncnc(NNC(=O)COc2ccc(Cl)cc2Cl)c1N. The number of rotatable bonds is 8. The fourth-order valence-corrected chi connectivity index (χ4v) is 2.24. The standard InChI is InChI=1S/C15H18Cl2N6O2/c1-2-5-19-14-13(18)15(21-8-20-14)23-22-12(24)7-25-11-4-3-9(16)6-10(11)17/h3-4,6,8H,2,5,7,18H2,1H3,(H,22,24)(H2,19,20,21,23). The molecule has 1 aromatic heterocycles. The first-order valence-corrected chi connectivity index (χ1v) is 8.24. The lowest BCUT2D eigenvalue weighted by Gasteiger charge is -2.13. The van der Waals surface area contributed by atoms with Crippen LogP contribution in [0.15, 0.2) is 24.5 Å². The van der Waals surface area contributed by atoms with E-state index >= 15 is 0 Å². The van der Waals surface area contributed by atoms with E-state index in [0.717, 1.165) is 13.0 Å². The van der Waals surface area contributed by atoms with Crippen LogP contribution in [0.4, 0.5) is 17.3 Å². The summed E-state index contributed by atoms with van der Waals surface area (Å²) in [7, 11) is 0. The number of amides is 1. The van der Waals surface area contributed by atoms with Gasteiger partial charge in [0.05, 0.1) is 5.02 Å². The van der Waals surface area contributed by atoms with Crippen molar-refractivity contribution in [1.29, 1.82) is 0 Å². The number of carbonyl (C=O) groups is 1. The topological polar surface area (TPSA) is 114 Å². The van der Waals surface area contributed by atoms with Gasteiger partial charge in [0.25, 0.3) is 5.91 Å². The lowest BCUT2D eigenvalue weighted by Crippen LogP contribution is -2.34. The van der Waals surface area contributed by atoms with Gasteiger partial charge in [-0.25, -0.2) is 9.97 Å². The molecule has 0 aliphatic heterocycles. The number of hydrazine groups is 1. The minimum absolute atomic E-state index is 0.250. The fourth-order valence-electron chi connectivity index (χ4n) is 1.78. The first-order chi connectivity index (χ1) is 12.0. The molecular weight excluding hydrogens is 367 g/mol. The highest BCUT2D eigenvalue weighted by Gasteiger charge is 2.10. The van der Waals surface area contributed by atoms with Crippen LogP contribution >= 0.6 is 23.2 Å². The Bertz CT molecular complexity index is 744. The van der Waals surface area contributed by atoms with Crippen LogP contribution < -0.4 is 26.6 Å². The third-order valence-electron chi connectivity index (χ3n) is 3.00. The van der Waals surface area contributed by atoms with Crippen molar-refractivity contribution in [2.24, 2.45) is 0 Å². The summed E-state index contributed by atoms with van der Waals surface area (Å²) < 4.78 is 5.33. The second-order valence-corrected chi connectivity index (χ2v) is 5.79. The van der Waals surface area contributed by atoms with Gasteiger partial charge in [-0.05, 0) is 24.6 Å². The monoisotopic (exact) mass is 384 g/mol. The molecule has 0 saturated heterocycles. The lowest BCUT2D eigenvalue weighted by atomic mass is 10.3. The van der Waals surface area contributed by atoms with E-state index in [9.17, 15) is 4.79 Å². The molecule has 0 radical (unpaired) electrons. The highest BCUT2D eigenvalue weighted by molar-refractivity contribution is 6.35. The van der Waals surface area contributed by atoms with Crippen molar-refractivity contribution in [3.05, 3.63) is 34.6 Å². The van der Waals surface area contributed by atoms with Gasteiger partial charge in [0.2, 0.25) is 0 Å². The second kappa shape index (κ2) is 9.14. The maximum atomic E-state index is 11.9. The Morgan fingerprint density at radius 3 is 2.76 bits per heavy atom. The molecule has 0 aliphatic rings. The van der Waals surface area contributed by atoms with Crippen molar-refractivity contribution in [2.75, 3.05) is 29.6 Å². The number of hydrogen-bond donors (Lipinski definition) is 4. The molecule has 1 aromatic carbocycles. The number of benzene rings is 1. The average Bonchev–Trinajstić information content (AvgIpc) is 2.59. The molecule has 8 nitrogen and oxygen atoms in total. The Labute approximate surface area is 155 Å². The van der Waals surface area contributed by atoms with Crippen LogP contribution in [0.25, 0.3) is 0 Å². The van der Waals surface area contributed by atoms with E-state index in [-0.39, 0.29) is 12.4 Å². The van der Waals surface area contributed by atoms with E-state index in [2.05, 4.69) is 26.1 Å². The zero-order valence-corrected chi connectivity index (χ0v) is 15.0. The van der Waals surface area contributed by atoms with Crippen LogP contribution in [-0.2, 0) is 4.79 Å². The van der Waals surface area contributed by atoms with Gasteiger partial charge < -0.3 is 15.8 Å². The number of nitrogen functional groups attached to an aromatic ring is 1. The van der Waals surface area contributed by atoms with Crippen molar-refractivity contribution in [3.8, 4) is 5.75 Å². The van der Waals surface area contributed by atoms with Gasteiger partial charge in [0.15, 0.2) is 18.2 Å². The lowest BCUT2D eigenvalue weighted by molar-refractivity contribution is -0.122. The number of anilines is 3. The number of aromatic nitrogens is 2. The quantitative estimate of drug-likeness (QED) is 0.517. The zero-order chi connectivity index (χ0) is 18.2. The summed E-state index contributed by atoms with van der Waals surface area (Å²) in [6, 6.07) is 4.73. The van der Waals surface area contributed by atoms with E-state index in [1.165, 1.54) is 12.4 Å². The summed E-state index contributed by atoms with van der Waals surface area (Å²) in [5.74, 6) is 0.699. The molecule has 0 fully saturated rings. The minimum Gasteiger partial charge on any atom is -0.482 e. The van der Waals surface area contributed by atoms with Gasteiger partial charge in [0.1, 0.15) is 17.8 Å². The van der Waals surface area contributed by atoms with Crippen LogP contribution in [0.3, 0.4) is 0 Å². The van der Waals surface area contributed by atoms with Gasteiger partial charge in [-0.15, -0.1) is 0 Å². The molecule has 25 heavy (non-hydrogen) atoms. The largest absolute Gasteiger partial charge is 0.482 e. The van der Waals surface area contributed by atoms with Crippen LogP contribution in [0, 0.1) is 0 Å². The number of hydrogen-bond acceptors (Lipinski definition) is 7. The van der Waals surface area contributed by atoms with Gasteiger partial charge in [-0.2, -0.15) is 0 Å². The molecule has 2 aromatic rings. The Morgan fingerprint density at radius 2 is 2.04 bits per heavy atom. The number of ether oxygens (including phenoxy) is 1. The van der Waals surface area contributed by atoms with Crippen LogP contribution in [0.5, 0.6) is 5.75 Å². The van der Waals surface area contributed by atoms with Crippen molar-refractivity contribution in [2.45, 2.75) is 13.3 Å². The Balaban J connectivity index is 1.87. The van der Waals surface area contributed by atoms with Crippen LogP contribution in [-0.4, -0.2) is 29.0 Å². The van der Waals surface area contributed by atoms with Gasteiger partial charge in [-0.1, -0.05) is 30.1 Å². The summed E-state index contributed by atoms with van der Waals surface area (Å²) >= 11 is 11.8. The Kier molecular flexibility index (Phi) is 6.91. The molecule has 2 rings (SSSR count). The molecular formula is C15H18Cl2N6O2. The Morgan fingerprint density at radius 1 is 1.28 bits per heavy atom. The van der Waals surface area contributed by atoms with Crippen molar-refractivity contribution in [1.82, 2.24) is 15.4 Å². The molecule has 0 bridgehead atoms. The molecule has 10 heteroatoms. The van der Waals surface area contributed by atoms with Crippen LogP contribution in [0.1, 0.15) is 13.3 Å². The second-order valence-electron chi connectivity index (χ2n) is 4.95. The molecule has 0 atom stereocenters. The number of nitrogens with two attached hydrogens (primary N) is 1. The molecule has 0 spiro atoms. The van der Waals surface area contributed by atoms with E-state index in [1.54, 1.807) is 12.1 Å². The van der Waals surface area contributed by atoms with Crippen molar-refractivity contribution < 1.29 is 9.53 Å². The van der Waals surface area contributed by atoms with E-state index in [1.807, 2.05) is 6.92 Å². The predicted octanol–water partition coefficient (Wildman–Crippen LogP) is 2.71. The van der Waals surface area contributed by atoms with Crippen molar-refractivity contribution in [3.63, 3.8) is 0 Å². The predicted molar refractivity (Wildman–Crippen MR) is 98.9 cm³/mol. The normalized spacial score (nSPS) is 10.2. The molecule has 0 saturated carbocycles. The maximum Gasteiger partial charge on any atom is 0.276 e. The number of carbonyl (C=O) groups excluding carboxylic acids is 1. The maximum absolute atomic E-state index is 11.9. The highest BCUT2D eigenvalue weighted by Crippen LogP contribution is 2.27. The summed E-state index contributed by atoms with van der Waals surface area (Å²) in [6.45, 7) is 2.50. The van der Waals surface area contributed by atoms with E-state index < -0.39 is 5.91 Å². The van der Waals surface area contributed by atoms with Gasteiger partial charge >= 0.3 is 0 Å². The summed E-state index contributed by atoms with van der Waals surface area (Å²) in [5, 5.41) is 3.87. The van der Waals surface area contributed by atoms with Crippen molar-refractivity contribution >= 4 is 46.4 Å². The van der Waals surface area contributed by atoms with Crippen LogP contribution in [0.2, 0.25) is 10.0 Å². The third-order valence-corrected chi connectivity index (χ3v) is 3.53. The first kappa shape index (κ1) is 18.9. The Hall–Kier alpha value is -2.45. The average molecular weight is 385 g/mol.